The second-order valence-corrected chi connectivity index (χ2v) is 10.9. The Hall–Kier alpha value is -4.15. The minimum atomic E-state index is -0.600. The van der Waals surface area contributed by atoms with Gasteiger partial charge < -0.3 is 4.74 Å². The maximum Gasteiger partial charge on any atom is 0.276 e. The number of nitro benzene ring substituents is 2. The number of likely N-dealkylation sites (tertiary alicyclic amines) is 1. The molecule has 2 heterocycles. The van der Waals surface area contributed by atoms with Crippen molar-refractivity contribution in [2.75, 3.05) is 26.2 Å². The van der Waals surface area contributed by atoms with Gasteiger partial charge in [-0.25, -0.2) is 0 Å². The van der Waals surface area contributed by atoms with Gasteiger partial charge in [0.25, 0.3) is 11.4 Å². The lowest BCUT2D eigenvalue weighted by atomic mass is 9.90. The zero-order valence-corrected chi connectivity index (χ0v) is 22.9. The Morgan fingerprint density at radius 1 is 0.829 bits per heavy atom. The van der Waals surface area contributed by atoms with Gasteiger partial charge in [-0.3, -0.25) is 34.8 Å². The van der Waals surface area contributed by atoms with E-state index in [4.69, 9.17) is 4.74 Å². The molecule has 1 fully saturated rings. The summed E-state index contributed by atoms with van der Waals surface area (Å²) in [7, 11) is 0. The molecule has 0 saturated carbocycles. The first kappa shape index (κ1) is 28.4. The quantitative estimate of drug-likeness (QED) is 0.175. The lowest BCUT2D eigenvalue weighted by Crippen LogP contribution is -2.33. The molecule has 214 valence electrons. The average molecular weight is 559 g/mol. The fourth-order valence-corrected chi connectivity index (χ4v) is 5.73. The maximum absolute atomic E-state index is 13.1. The summed E-state index contributed by atoms with van der Waals surface area (Å²) in [6, 6.07) is 19.9. The molecule has 0 aromatic heterocycles. The van der Waals surface area contributed by atoms with Gasteiger partial charge >= 0.3 is 0 Å². The van der Waals surface area contributed by atoms with Crippen molar-refractivity contribution in [1.29, 1.82) is 0 Å². The van der Waals surface area contributed by atoms with Crippen LogP contribution in [0.25, 0.3) is 0 Å². The number of non-ortho nitro benzene ring substituents is 2. The number of ketones is 1. The van der Waals surface area contributed by atoms with Gasteiger partial charge in [0.2, 0.25) is 0 Å². The van der Waals surface area contributed by atoms with E-state index < -0.39 is 9.85 Å². The van der Waals surface area contributed by atoms with Gasteiger partial charge in [-0.2, -0.15) is 0 Å². The fraction of sp³-hybridized carbons (Fsp3) is 0.387. The van der Waals surface area contributed by atoms with Crippen LogP contribution in [0, 0.1) is 26.1 Å². The monoisotopic (exact) mass is 558 g/mol. The SMILES string of the molecule is O=C(CCC1CCN(Cc2cc([N+](=O)[O-])cc([N+](=O)[O-])c2)CC1)c1ccc2c(c1)CN(Cc1ccccc1)CCO2. The van der Waals surface area contributed by atoms with Crippen LogP contribution in [0.4, 0.5) is 11.4 Å². The summed E-state index contributed by atoms with van der Waals surface area (Å²) in [6.07, 6.45) is 3.12. The molecule has 0 unspecified atom stereocenters. The molecule has 1 saturated heterocycles. The van der Waals surface area contributed by atoms with Crippen molar-refractivity contribution in [1.82, 2.24) is 9.80 Å². The summed E-state index contributed by atoms with van der Waals surface area (Å²) in [5.74, 6) is 1.40. The van der Waals surface area contributed by atoms with Crippen molar-refractivity contribution in [3.63, 3.8) is 0 Å². The Bertz CT molecular complexity index is 1370. The Kier molecular flexibility index (Phi) is 9.01. The topological polar surface area (TPSA) is 119 Å². The predicted molar refractivity (Wildman–Crippen MR) is 154 cm³/mol. The smallest absolute Gasteiger partial charge is 0.276 e. The van der Waals surface area contributed by atoms with Crippen molar-refractivity contribution < 1.29 is 19.4 Å². The molecule has 41 heavy (non-hydrogen) atoms. The van der Waals surface area contributed by atoms with E-state index in [-0.39, 0.29) is 17.2 Å². The van der Waals surface area contributed by atoms with Gasteiger partial charge in [0.05, 0.1) is 15.9 Å². The molecular formula is C31H34N4O6. The Balaban J connectivity index is 1.12. The lowest BCUT2D eigenvalue weighted by molar-refractivity contribution is -0.394. The number of carbonyl (C=O) groups is 1. The molecule has 5 rings (SSSR count). The zero-order valence-electron chi connectivity index (χ0n) is 22.9. The molecule has 0 spiro atoms. The summed E-state index contributed by atoms with van der Waals surface area (Å²) in [6.45, 7) is 4.99. The maximum atomic E-state index is 13.1. The van der Waals surface area contributed by atoms with Crippen molar-refractivity contribution in [2.45, 2.75) is 45.3 Å². The fourth-order valence-electron chi connectivity index (χ4n) is 5.73. The van der Waals surface area contributed by atoms with E-state index in [1.165, 1.54) is 17.7 Å². The standard InChI is InChI=1S/C31H34N4O6/c36-30(26-7-9-31-27(18-26)22-33(14-15-41-31)20-24-4-2-1-3-5-24)8-6-23-10-12-32(13-11-23)21-25-16-28(34(37)38)19-29(17-25)35(39)40/h1-5,7,9,16-19,23H,6,8,10-15,20-22H2. The van der Waals surface area contributed by atoms with Crippen molar-refractivity contribution >= 4 is 17.2 Å². The van der Waals surface area contributed by atoms with E-state index in [1.54, 1.807) is 0 Å². The number of nitrogens with zero attached hydrogens (tertiary/aromatic N) is 4. The Labute approximate surface area is 238 Å². The molecular weight excluding hydrogens is 524 g/mol. The van der Waals surface area contributed by atoms with Gasteiger partial charge in [-0.15, -0.1) is 0 Å². The van der Waals surface area contributed by atoms with E-state index in [1.807, 2.05) is 36.4 Å². The second-order valence-electron chi connectivity index (χ2n) is 10.9. The molecule has 3 aromatic carbocycles. The number of piperidine rings is 1. The average Bonchev–Trinajstić information content (AvgIpc) is 3.18. The van der Waals surface area contributed by atoms with Gasteiger partial charge in [0, 0.05) is 55.9 Å². The number of nitro groups is 2. The first-order valence-electron chi connectivity index (χ1n) is 14.0. The van der Waals surface area contributed by atoms with Crippen molar-refractivity contribution in [2.24, 2.45) is 5.92 Å². The van der Waals surface area contributed by atoms with Gasteiger partial charge in [-0.1, -0.05) is 30.3 Å². The van der Waals surface area contributed by atoms with E-state index >= 15 is 0 Å². The molecule has 0 atom stereocenters. The number of hydrogen-bond donors (Lipinski definition) is 0. The number of Topliss-reactive ketones (excluding diaryl/α,β-unsaturated/α-hetero) is 1. The largest absolute Gasteiger partial charge is 0.492 e. The van der Waals surface area contributed by atoms with Gasteiger partial charge in [0.1, 0.15) is 12.4 Å². The highest BCUT2D eigenvalue weighted by molar-refractivity contribution is 5.96. The number of rotatable bonds is 10. The first-order chi connectivity index (χ1) is 19.8. The third kappa shape index (κ3) is 7.53. The Morgan fingerprint density at radius 2 is 1.51 bits per heavy atom. The molecule has 3 aromatic rings. The van der Waals surface area contributed by atoms with Crippen LogP contribution in [-0.4, -0.2) is 51.7 Å². The second kappa shape index (κ2) is 13.0. The van der Waals surface area contributed by atoms with Crippen molar-refractivity contribution in [3.05, 3.63) is 109 Å². The summed E-state index contributed by atoms with van der Waals surface area (Å²) < 4.78 is 5.97. The normalized spacial score (nSPS) is 16.4. The van der Waals surface area contributed by atoms with Crippen LogP contribution < -0.4 is 4.74 Å². The predicted octanol–water partition coefficient (Wildman–Crippen LogP) is 5.77. The lowest BCUT2D eigenvalue weighted by Gasteiger charge is -2.31. The summed E-state index contributed by atoms with van der Waals surface area (Å²) >= 11 is 0. The molecule has 0 bridgehead atoms. The third-order valence-corrected chi connectivity index (χ3v) is 7.97. The number of carbonyl (C=O) groups excluding carboxylic acids is 1. The van der Waals surface area contributed by atoms with Crippen LogP contribution in [0.15, 0.2) is 66.7 Å². The third-order valence-electron chi connectivity index (χ3n) is 7.97. The molecule has 0 radical (unpaired) electrons. The van der Waals surface area contributed by atoms with Crippen LogP contribution in [0.5, 0.6) is 5.75 Å². The first-order valence-corrected chi connectivity index (χ1v) is 14.0. The highest BCUT2D eigenvalue weighted by Crippen LogP contribution is 2.29. The molecule has 0 amide bonds. The molecule has 0 N–H and O–H groups in total. The molecule has 0 aliphatic carbocycles. The summed E-state index contributed by atoms with van der Waals surface area (Å²) in [4.78, 5) is 38.8. The summed E-state index contributed by atoms with van der Waals surface area (Å²) in [5, 5.41) is 22.4. The zero-order chi connectivity index (χ0) is 28.8. The van der Waals surface area contributed by atoms with E-state index in [0.717, 1.165) is 74.9 Å². The minimum Gasteiger partial charge on any atom is -0.492 e. The minimum absolute atomic E-state index is 0.137. The Morgan fingerprint density at radius 3 is 2.20 bits per heavy atom. The van der Waals surface area contributed by atoms with Crippen LogP contribution >= 0.6 is 0 Å². The van der Waals surface area contributed by atoms with Gasteiger partial charge in [0.15, 0.2) is 5.78 Å². The highest BCUT2D eigenvalue weighted by atomic mass is 16.6. The van der Waals surface area contributed by atoms with Crippen LogP contribution in [0.3, 0.4) is 0 Å². The number of ether oxygens (including phenoxy) is 1. The van der Waals surface area contributed by atoms with Crippen molar-refractivity contribution in [3.8, 4) is 5.75 Å². The van der Waals surface area contributed by atoms with Crippen LogP contribution in [-0.2, 0) is 19.6 Å². The molecule has 10 nitrogen and oxygen atoms in total. The van der Waals surface area contributed by atoms with E-state index in [0.29, 0.717) is 31.1 Å². The van der Waals surface area contributed by atoms with E-state index in [2.05, 4.69) is 21.9 Å². The highest BCUT2D eigenvalue weighted by Gasteiger charge is 2.23. The molecule has 2 aliphatic heterocycles. The van der Waals surface area contributed by atoms with E-state index in [9.17, 15) is 25.0 Å². The summed E-state index contributed by atoms with van der Waals surface area (Å²) in [5.41, 5.74) is 3.04. The van der Waals surface area contributed by atoms with Gasteiger partial charge in [-0.05, 0) is 67.6 Å². The number of fused-ring (bicyclic) bond motifs is 1. The van der Waals surface area contributed by atoms with Crippen LogP contribution in [0.2, 0.25) is 0 Å². The number of hydrogen-bond acceptors (Lipinski definition) is 8. The molecule has 2 aliphatic rings. The van der Waals surface area contributed by atoms with Crippen LogP contribution in [0.1, 0.15) is 52.7 Å². The number of benzene rings is 3. The molecule has 10 heteroatoms.